The first kappa shape index (κ1) is 17.2. The van der Waals surface area contributed by atoms with Crippen molar-refractivity contribution in [3.05, 3.63) is 65.7 Å². The summed E-state index contributed by atoms with van der Waals surface area (Å²) >= 11 is 1.20. The fraction of sp³-hybridized carbons (Fsp3) is 0.167. The number of thioether (sulfide) groups is 1. The number of nitrogens with zero attached hydrogens (tertiary/aromatic N) is 3. The summed E-state index contributed by atoms with van der Waals surface area (Å²) in [6.07, 6.45) is 1.43. The Balaban J connectivity index is 1.67. The van der Waals surface area contributed by atoms with Crippen LogP contribution in [-0.4, -0.2) is 26.4 Å². The fourth-order valence-electron chi connectivity index (χ4n) is 2.41. The Morgan fingerprint density at radius 3 is 2.80 bits per heavy atom. The van der Waals surface area contributed by atoms with Crippen molar-refractivity contribution in [2.75, 3.05) is 11.1 Å². The molecule has 1 aromatic heterocycles. The molecule has 0 unspecified atom stereocenters. The number of carbonyl (C=O) groups excluding carboxylic acids is 1. The van der Waals surface area contributed by atoms with Gasteiger partial charge in [0, 0.05) is 5.69 Å². The predicted molar refractivity (Wildman–Crippen MR) is 96.6 cm³/mol. The van der Waals surface area contributed by atoms with Gasteiger partial charge in [-0.25, -0.2) is 4.39 Å². The van der Waals surface area contributed by atoms with Gasteiger partial charge in [-0.15, -0.1) is 10.2 Å². The maximum atomic E-state index is 13.9. The highest BCUT2D eigenvalue weighted by Crippen LogP contribution is 2.22. The summed E-state index contributed by atoms with van der Waals surface area (Å²) in [6, 6.07) is 12.2. The molecule has 0 atom stereocenters. The molecule has 0 aliphatic rings. The second-order valence-electron chi connectivity index (χ2n) is 5.59. The molecule has 1 N–H and O–H groups in total. The lowest BCUT2D eigenvalue weighted by Gasteiger charge is -2.09. The Bertz CT molecular complexity index is 910. The lowest BCUT2D eigenvalue weighted by Crippen LogP contribution is -2.15. The Morgan fingerprint density at radius 1 is 1.24 bits per heavy atom. The van der Waals surface area contributed by atoms with Gasteiger partial charge in [0.25, 0.3) is 0 Å². The van der Waals surface area contributed by atoms with Gasteiger partial charge in [0.2, 0.25) is 5.91 Å². The van der Waals surface area contributed by atoms with E-state index in [4.69, 9.17) is 0 Å². The number of hydrogen-bond acceptors (Lipinski definition) is 4. The topological polar surface area (TPSA) is 59.8 Å². The van der Waals surface area contributed by atoms with E-state index < -0.39 is 0 Å². The van der Waals surface area contributed by atoms with Gasteiger partial charge >= 0.3 is 0 Å². The van der Waals surface area contributed by atoms with Crippen molar-refractivity contribution in [2.24, 2.45) is 0 Å². The highest BCUT2D eigenvalue weighted by Gasteiger charge is 2.13. The van der Waals surface area contributed by atoms with Crippen molar-refractivity contribution < 1.29 is 9.18 Å². The van der Waals surface area contributed by atoms with E-state index >= 15 is 0 Å². The first-order valence-electron chi connectivity index (χ1n) is 7.69. The molecule has 0 saturated carbocycles. The maximum Gasteiger partial charge on any atom is 0.234 e. The molecule has 0 radical (unpaired) electrons. The number of para-hydroxylation sites is 1. The van der Waals surface area contributed by atoms with E-state index in [1.54, 1.807) is 18.2 Å². The molecule has 0 bridgehead atoms. The number of aryl methyl sites for hydroxylation is 2. The van der Waals surface area contributed by atoms with Crippen LogP contribution in [0.15, 0.2) is 53.9 Å². The molecule has 3 rings (SSSR count). The third-order valence-corrected chi connectivity index (χ3v) is 4.56. The monoisotopic (exact) mass is 356 g/mol. The number of rotatable bonds is 5. The summed E-state index contributed by atoms with van der Waals surface area (Å²) in [6.45, 7) is 3.95. The van der Waals surface area contributed by atoms with E-state index in [1.807, 2.05) is 32.0 Å². The van der Waals surface area contributed by atoms with E-state index in [0.717, 1.165) is 16.8 Å². The zero-order valence-corrected chi connectivity index (χ0v) is 14.7. The lowest BCUT2D eigenvalue weighted by atomic mass is 10.1. The summed E-state index contributed by atoms with van der Waals surface area (Å²) < 4.78 is 15.5. The van der Waals surface area contributed by atoms with Crippen molar-refractivity contribution in [1.29, 1.82) is 0 Å². The number of anilines is 1. The third-order valence-electron chi connectivity index (χ3n) is 3.62. The number of carbonyl (C=O) groups is 1. The maximum absolute atomic E-state index is 13.9. The Morgan fingerprint density at radius 2 is 2.04 bits per heavy atom. The van der Waals surface area contributed by atoms with Crippen molar-refractivity contribution in [3.8, 4) is 5.69 Å². The van der Waals surface area contributed by atoms with Gasteiger partial charge in [-0.2, -0.15) is 0 Å². The van der Waals surface area contributed by atoms with E-state index in [1.165, 1.54) is 28.7 Å². The number of amides is 1. The van der Waals surface area contributed by atoms with Crippen LogP contribution in [-0.2, 0) is 4.79 Å². The summed E-state index contributed by atoms with van der Waals surface area (Å²) in [5.41, 5.74) is 3.28. The van der Waals surface area contributed by atoms with Crippen LogP contribution in [0.25, 0.3) is 5.69 Å². The first-order valence-corrected chi connectivity index (χ1v) is 8.68. The largest absolute Gasteiger partial charge is 0.325 e. The predicted octanol–water partition coefficient (Wildman–Crippen LogP) is 3.75. The van der Waals surface area contributed by atoms with Crippen molar-refractivity contribution in [1.82, 2.24) is 14.8 Å². The zero-order chi connectivity index (χ0) is 17.8. The molecule has 0 spiro atoms. The minimum Gasteiger partial charge on any atom is -0.325 e. The highest BCUT2D eigenvalue weighted by atomic mass is 32.2. The van der Waals surface area contributed by atoms with E-state index in [0.29, 0.717) is 10.8 Å². The molecule has 0 fully saturated rings. The SMILES string of the molecule is Cc1ccc(NC(=O)CSc2nncn2-c2ccccc2F)c(C)c1. The van der Waals surface area contributed by atoms with E-state index in [2.05, 4.69) is 15.5 Å². The smallest absolute Gasteiger partial charge is 0.234 e. The fourth-order valence-corrected chi connectivity index (χ4v) is 3.13. The van der Waals surface area contributed by atoms with Crippen LogP contribution in [0.5, 0.6) is 0 Å². The van der Waals surface area contributed by atoms with Crippen LogP contribution >= 0.6 is 11.8 Å². The van der Waals surface area contributed by atoms with E-state index in [9.17, 15) is 9.18 Å². The Labute approximate surface area is 149 Å². The molecule has 3 aromatic rings. The van der Waals surface area contributed by atoms with Gasteiger partial charge in [0.05, 0.1) is 11.4 Å². The van der Waals surface area contributed by atoms with Crippen LogP contribution in [0.3, 0.4) is 0 Å². The van der Waals surface area contributed by atoms with Crippen LogP contribution in [0, 0.1) is 19.7 Å². The molecule has 0 aliphatic heterocycles. The summed E-state index contributed by atoms with van der Waals surface area (Å²) in [5.74, 6) is -0.371. The Hall–Kier alpha value is -2.67. The van der Waals surface area contributed by atoms with Crippen molar-refractivity contribution >= 4 is 23.4 Å². The highest BCUT2D eigenvalue weighted by molar-refractivity contribution is 7.99. The number of hydrogen-bond donors (Lipinski definition) is 1. The quantitative estimate of drug-likeness (QED) is 0.707. The van der Waals surface area contributed by atoms with E-state index in [-0.39, 0.29) is 17.5 Å². The lowest BCUT2D eigenvalue weighted by molar-refractivity contribution is -0.113. The van der Waals surface area contributed by atoms with Gasteiger partial charge in [0.15, 0.2) is 5.16 Å². The molecule has 7 heteroatoms. The first-order chi connectivity index (χ1) is 12.0. The molecule has 0 aliphatic carbocycles. The molecule has 25 heavy (non-hydrogen) atoms. The molecular weight excluding hydrogens is 339 g/mol. The standard InChI is InChI=1S/C18H17FN4OS/c1-12-7-8-15(13(2)9-12)21-17(24)10-25-18-22-20-11-23(18)16-6-4-3-5-14(16)19/h3-9,11H,10H2,1-2H3,(H,21,24). The van der Waals surface area contributed by atoms with Crippen LogP contribution in [0.2, 0.25) is 0 Å². The molecular formula is C18H17FN4OS. The number of nitrogens with one attached hydrogen (secondary N) is 1. The van der Waals surface area contributed by atoms with Gasteiger partial charge in [-0.1, -0.05) is 41.6 Å². The van der Waals surface area contributed by atoms with Crippen LogP contribution in [0.4, 0.5) is 10.1 Å². The van der Waals surface area contributed by atoms with Gasteiger partial charge in [0.1, 0.15) is 12.1 Å². The third kappa shape index (κ3) is 4.06. The summed E-state index contributed by atoms with van der Waals surface area (Å²) in [4.78, 5) is 12.2. The van der Waals surface area contributed by atoms with Gasteiger partial charge in [-0.3, -0.25) is 9.36 Å². The number of benzene rings is 2. The van der Waals surface area contributed by atoms with Crippen LogP contribution in [0.1, 0.15) is 11.1 Å². The number of aromatic nitrogens is 3. The molecule has 5 nitrogen and oxygen atoms in total. The molecule has 0 saturated heterocycles. The average molecular weight is 356 g/mol. The molecule has 1 heterocycles. The minimum absolute atomic E-state index is 0.153. The summed E-state index contributed by atoms with van der Waals surface area (Å²) in [5, 5.41) is 11.1. The second kappa shape index (κ2) is 7.48. The van der Waals surface area contributed by atoms with Gasteiger partial charge in [-0.05, 0) is 37.6 Å². The average Bonchev–Trinajstić information content (AvgIpc) is 3.04. The van der Waals surface area contributed by atoms with Crippen molar-refractivity contribution in [2.45, 2.75) is 19.0 Å². The summed E-state index contributed by atoms with van der Waals surface area (Å²) in [7, 11) is 0. The normalized spacial score (nSPS) is 10.7. The van der Waals surface area contributed by atoms with Crippen molar-refractivity contribution in [3.63, 3.8) is 0 Å². The second-order valence-corrected chi connectivity index (χ2v) is 6.53. The number of halogens is 1. The minimum atomic E-state index is -0.371. The van der Waals surface area contributed by atoms with Crippen LogP contribution < -0.4 is 5.32 Å². The molecule has 2 aromatic carbocycles. The van der Waals surface area contributed by atoms with Gasteiger partial charge < -0.3 is 5.32 Å². The zero-order valence-electron chi connectivity index (χ0n) is 13.9. The Kier molecular flexibility index (Phi) is 5.14. The molecule has 128 valence electrons. The molecule has 1 amide bonds.